The molecular weight excluding hydrogens is 182 g/mol. The van der Waals surface area contributed by atoms with Gasteiger partial charge in [-0.05, 0) is 12.1 Å². The standard InChI is InChI=1S/C8H6F2O3/c1-12-8(11)13-6-4-2-3-5(9)7(6)10/h2-4H,1H3. The molecule has 70 valence electrons. The SMILES string of the molecule is COC(=O)Oc1cccc(F)c1F. The van der Waals surface area contributed by atoms with Crippen LogP contribution in [0.4, 0.5) is 13.6 Å². The second-order valence-corrected chi connectivity index (χ2v) is 2.11. The summed E-state index contributed by atoms with van der Waals surface area (Å²) in [6, 6.07) is 3.26. The van der Waals surface area contributed by atoms with Crippen LogP contribution >= 0.6 is 0 Å². The number of carbonyl (C=O) groups is 1. The van der Waals surface area contributed by atoms with Crippen LogP contribution in [0.5, 0.6) is 5.75 Å². The van der Waals surface area contributed by atoms with Gasteiger partial charge in [-0.15, -0.1) is 0 Å². The molecule has 0 N–H and O–H groups in total. The van der Waals surface area contributed by atoms with Gasteiger partial charge in [-0.1, -0.05) is 6.07 Å². The molecule has 1 aromatic rings. The average molecular weight is 188 g/mol. The van der Waals surface area contributed by atoms with Crippen molar-refractivity contribution in [3.63, 3.8) is 0 Å². The van der Waals surface area contributed by atoms with Gasteiger partial charge in [0.25, 0.3) is 0 Å². The molecule has 5 heteroatoms. The van der Waals surface area contributed by atoms with E-state index in [-0.39, 0.29) is 0 Å². The Hall–Kier alpha value is -1.65. The minimum absolute atomic E-state index is 0.494. The van der Waals surface area contributed by atoms with E-state index in [1.807, 2.05) is 0 Å². The van der Waals surface area contributed by atoms with Crippen LogP contribution in [0, 0.1) is 11.6 Å². The van der Waals surface area contributed by atoms with Crippen molar-refractivity contribution in [2.75, 3.05) is 7.11 Å². The summed E-state index contributed by atoms with van der Waals surface area (Å²) in [5.74, 6) is -2.79. The number of halogens is 2. The quantitative estimate of drug-likeness (QED) is 0.500. The third-order valence-electron chi connectivity index (χ3n) is 1.28. The van der Waals surface area contributed by atoms with Gasteiger partial charge in [0, 0.05) is 0 Å². The normalized spacial score (nSPS) is 9.46. The van der Waals surface area contributed by atoms with E-state index < -0.39 is 23.5 Å². The van der Waals surface area contributed by atoms with Crippen molar-refractivity contribution in [3.05, 3.63) is 29.8 Å². The molecule has 0 saturated carbocycles. The van der Waals surface area contributed by atoms with Gasteiger partial charge in [-0.2, -0.15) is 4.39 Å². The van der Waals surface area contributed by atoms with E-state index in [1.54, 1.807) is 0 Å². The monoisotopic (exact) mass is 188 g/mol. The fraction of sp³-hybridized carbons (Fsp3) is 0.125. The van der Waals surface area contributed by atoms with E-state index in [2.05, 4.69) is 9.47 Å². The first kappa shape index (κ1) is 9.44. The van der Waals surface area contributed by atoms with E-state index in [4.69, 9.17) is 0 Å². The zero-order valence-corrected chi connectivity index (χ0v) is 6.71. The van der Waals surface area contributed by atoms with E-state index in [0.717, 1.165) is 19.2 Å². The van der Waals surface area contributed by atoms with Crippen LogP contribution < -0.4 is 4.74 Å². The Kier molecular flexibility index (Phi) is 2.79. The number of ether oxygens (including phenoxy) is 2. The predicted molar refractivity (Wildman–Crippen MR) is 39.4 cm³/mol. The first-order chi connectivity index (χ1) is 6.15. The molecule has 3 nitrogen and oxygen atoms in total. The highest BCUT2D eigenvalue weighted by Gasteiger charge is 2.12. The molecule has 0 bridgehead atoms. The van der Waals surface area contributed by atoms with Crippen LogP contribution in [0.2, 0.25) is 0 Å². The summed E-state index contributed by atoms with van der Waals surface area (Å²) in [6.07, 6.45) is -1.09. The lowest BCUT2D eigenvalue weighted by molar-refractivity contribution is 0.119. The number of carbonyl (C=O) groups excluding carboxylic acids is 1. The van der Waals surface area contributed by atoms with Crippen LogP contribution in [0.25, 0.3) is 0 Å². The summed E-state index contributed by atoms with van der Waals surface area (Å²) in [7, 11) is 1.07. The van der Waals surface area contributed by atoms with Crippen molar-refractivity contribution in [1.29, 1.82) is 0 Å². The van der Waals surface area contributed by atoms with Gasteiger partial charge >= 0.3 is 6.16 Å². The van der Waals surface area contributed by atoms with E-state index in [0.29, 0.717) is 0 Å². The highest BCUT2D eigenvalue weighted by atomic mass is 19.2. The maximum Gasteiger partial charge on any atom is 0.513 e. The summed E-state index contributed by atoms with van der Waals surface area (Å²) in [5, 5.41) is 0. The number of methoxy groups -OCH3 is 1. The van der Waals surface area contributed by atoms with Gasteiger partial charge in [0.15, 0.2) is 11.6 Å². The largest absolute Gasteiger partial charge is 0.513 e. The van der Waals surface area contributed by atoms with E-state index in [9.17, 15) is 13.6 Å². The van der Waals surface area contributed by atoms with E-state index in [1.165, 1.54) is 6.07 Å². The molecule has 13 heavy (non-hydrogen) atoms. The van der Waals surface area contributed by atoms with Crippen LogP contribution in [0.15, 0.2) is 18.2 Å². The van der Waals surface area contributed by atoms with Crippen molar-refractivity contribution < 1.29 is 23.0 Å². The Morgan fingerprint density at radius 2 is 2.08 bits per heavy atom. The lowest BCUT2D eigenvalue weighted by Crippen LogP contribution is -2.08. The third kappa shape index (κ3) is 2.14. The molecule has 0 fully saturated rings. The van der Waals surface area contributed by atoms with Crippen molar-refractivity contribution in [2.24, 2.45) is 0 Å². The maximum absolute atomic E-state index is 12.8. The van der Waals surface area contributed by atoms with Gasteiger partial charge < -0.3 is 9.47 Å². The molecule has 0 heterocycles. The molecule has 0 spiro atoms. The summed E-state index contributed by atoms with van der Waals surface area (Å²) in [4.78, 5) is 10.5. The first-order valence-electron chi connectivity index (χ1n) is 3.35. The molecule has 0 aliphatic carbocycles. The van der Waals surface area contributed by atoms with Crippen molar-refractivity contribution in [1.82, 2.24) is 0 Å². The van der Waals surface area contributed by atoms with Crippen molar-refractivity contribution in [3.8, 4) is 5.75 Å². The molecule has 0 atom stereocenters. The summed E-state index contributed by atoms with van der Waals surface area (Å²) < 4.78 is 33.7. The van der Waals surface area contributed by atoms with Gasteiger partial charge in [0.05, 0.1) is 7.11 Å². The first-order valence-corrected chi connectivity index (χ1v) is 3.35. The number of rotatable bonds is 1. The highest BCUT2D eigenvalue weighted by Crippen LogP contribution is 2.19. The third-order valence-corrected chi connectivity index (χ3v) is 1.28. The molecule has 0 aliphatic heterocycles. The number of hydrogen-bond acceptors (Lipinski definition) is 3. The molecule has 1 aromatic carbocycles. The van der Waals surface area contributed by atoms with Crippen molar-refractivity contribution >= 4 is 6.16 Å². The van der Waals surface area contributed by atoms with Gasteiger partial charge in [0.1, 0.15) is 0 Å². The Bertz CT molecular complexity index is 325. The summed E-state index contributed by atoms with van der Waals surface area (Å²) in [5.41, 5.74) is 0. The van der Waals surface area contributed by atoms with Crippen LogP contribution in [-0.4, -0.2) is 13.3 Å². The lowest BCUT2D eigenvalue weighted by atomic mass is 10.3. The number of hydrogen-bond donors (Lipinski definition) is 0. The van der Waals surface area contributed by atoms with Crippen LogP contribution in [0.3, 0.4) is 0 Å². The minimum atomic E-state index is -1.21. The maximum atomic E-state index is 12.8. The lowest BCUT2D eigenvalue weighted by Gasteiger charge is -2.03. The van der Waals surface area contributed by atoms with Gasteiger partial charge in [-0.25, -0.2) is 9.18 Å². The molecular formula is C8H6F2O3. The van der Waals surface area contributed by atoms with Gasteiger partial charge in [0.2, 0.25) is 5.82 Å². The molecule has 0 aromatic heterocycles. The Labute approximate surface area is 72.9 Å². The smallest absolute Gasteiger partial charge is 0.437 e. The molecule has 0 amide bonds. The zero-order chi connectivity index (χ0) is 9.84. The topological polar surface area (TPSA) is 35.5 Å². The average Bonchev–Trinajstić information content (AvgIpc) is 2.13. The Morgan fingerprint density at radius 1 is 1.38 bits per heavy atom. The predicted octanol–water partition coefficient (Wildman–Crippen LogP) is 2.11. The van der Waals surface area contributed by atoms with Crippen molar-refractivity contribution in [2.45, 2.75) is 0 Å². The highest BCUT2D eigenvalue weighted by molar-refractivity contribution is 5.63. The molecule has 0 unspecified atom stereocenters. The Morgan fingerprint density at radius 3 is 2.69 bits per heavy atom. The fourth-order valence-electron chi connectivity index (χ4n) is 0.694. The fourth-order valence-corrected chi connectivity index (χ4v) is 0.694. The van der Waals surface area contributed by atoms with Gasteiger partial charge in [-0.3, -0.25) is 0 Å². The number of benzene rings is 1. The molecule has 1 rings (SSSR count). The molecule has 0 saturated heterocycles. The summed E-state index contributed by atoms with van der Waals surface area (Å²) >= 11 is 0. The summed E-state index contributed by atoms with van der Waals surface area (Å²) in [6.45, 7) is 0. The van der Waals surface area contributed by atoms with Crippen LogP contribution in [0.1, 0.15) is 0 Å². The van der Waals surface area contributed by atoms with E-state index >= 15 is 0 Å². The van der Waals surface area contributed by atoms with Crippen LogP contribution in [-0.2, 0) is 4.74 Å². The molecule has 0 aliphatic rings. The Balaban J connectivity index is 2.89. The zero-order valence-electron chi connectivity index (χ0n) is 6.71. The second-order valence-electron chi connectivity index (χ2n) is 2.11. The minimum Gasteiger partial charge on any atom is -0.437 e. The second kappa shape index (κ2) is 3.84. The molecule has 0 radical (unpaired) electrons.